The third-order valence-corrected chi connectivity index (χ3v) is 6.85. The fourth-order valence-electron chi connectivity index (χ4n) is 3.88. The number of rotatable bonds is 5. The Hall–Kier alpha value is -1.54. The number of fused-ring (bicyclic) bond motifs is 1. The summed E-state index contributed by atoms with van der Waals surface area (Å²) < 4.78 is 24.6. The minimum atomic E-state index is -3.13. The van der Waals surface area contributed by atoms with Crippen molar-refractivity contribution in [1.29, 1.82) is 0 Å². The molecule has 2 aliphatic rings. The van der Waals surface area contributed by atoms with Gasteiger partial charge < -0.3 is 4.90 Å². The second kappa shape index (κ2) is 7.60. The van der Waals surface area contributed by atoms with Gasteiger partial charge in [0.15, 0.2) is 9.84 Å². The number of carbonyl (C=O) groups excluding carboxylic acids is 1. The van der Waals surface area contributed by atoms with Crippen molar-refractivity contribution < 1.29 is 13.2 Å². The zero-order valence-electron chi connectivity index (χ0n) is 15.8. The molecule has 1 amide bonds. The van der Waals surface area contributed by atoms with Gasteiger partial charge in [-0.15, -0.1) is 0 Å². The van der Waals surface area contributed by atoms with E-state index in [4.69, 9.17) is 0 Å². The van der Waals surface area contributed by atoms with Gasteiger partial charge in [-0.3, -0.25) is 9.69 Å². The van der Waals surface area contributed by atoms with Crippen molar-refractivity contribution in [2.24, 2.45) is 5.92 Å². The number of hydrogen-bond donors (Lipinski definition) is 0. The number of amides is 1. The van der Waals surface area contributed by atoms with Crippen LogP contribution in [0.3, 0.4) is 0 Å². The second-order valence-electron chi connectivity index (χ2n) is 7.73. The average Bonchev–Trinajstić information content (AvgIpc) is 2.90. The third kappa shape index (κ3) is 4.23. The van der Waals surface area contributed by atoms with Crippen LogP contribution in [0.25, 0.3) is 0 Å². The highest BCUT2D eigenvalue weighted by Gasteiger charge is 2.47. The SMILES string of the molecule is CCc1ncc(CN2CCN(C(=O)CC(C)C)[C@H]3CS(=O)(=O)C[C@H]32)cn1. The Balaban J connectivity index is 1.76. The van der Waals surface area contributed by atoms with E-state index in [1.54, 1.807) is 0 Å². The van der Waals surface area contributed by atoms with Crippen molar-refractivity contribution in [3.8, 4) is 0 Å². The molecule has 3 heterocycles. The lowest BCUT2D eigenvalue weighted by molar-refractivity contribution is -0.137. The summed E-state index contributed by atoms with van der Waals surface area (Å²) >= 11 is 0. The summed E-state index contributed by atoms with van der Waals surface area (Å²) in [5.74, 6) is 1.34. The molecule has 2 fully saturated rings. The van der Waals surface area contributed by atoms with Gasteiger partial charge in [-0.2, -0.15) is 0 Å². The van der Waals surface area contributed by atoms with E-state index in [9.17, 15) is 13.2 Å². The van der Waals surface area contributed by atoms with Gasteiger partial charge in [-0.1, -0.05) is 20.8 Å². The van der Waals surface area contributed by atoms with E-state index < -0.39 is 9.84 Å². The van der Waals surface area contributed by atoms with Gasteiger partial charge in [0.05, 0.1) is 17.5 Å². The molecule has 0 aliphatic carbocycles. The zero-order chi connectivity index (χ0) is 18.9. The topological polar surface area (TPSA) is 83.5 Å². The van der Waals surface area contributed by atoms with Crippen LogP contribution in [0, 0.1) is 5.92 Å². The number of piperazine rings is 1. The van der Waals surface area contributed by atoms with Crippen molar-refractivity contribution >= 4 is 15.7 Å². The first-order valence-electron chi connectivity index (χ1n) is 9.33. The highest BCUT2D eigenvalue weighted by atomic mass is 32.2. The van der Waals surface area contributed by atoms with Crippen LogP contribution in [-0.2, 0) is 27.6 Å². The molecule has 0 N–H and O–H groups in total. The summed E-state index contributed by atoms with van der Waals surface area (Å²) in [7, 11) is -3.13. The molecule has 144 valence electrons. The summed E-state index contributed by atoms with van der Waals surface area (Å²) in [5.41, 5.74) is 0.979. The summed E-state index contributed by atoms with van der Waals surface area (Å²) in [5, 5.41) is 0. The molecule has 0 aromatic carbocycles. The van der Waals surface area contributed by atoms with Crippen LogP contribution in [0.1, 0.15) is 38.6 Å². The first-order valence-corrected chi connectivity index (χ1v) is 11.1. The highest BCUT2D eigenvalue weighted by molar-refractivity contribution is 7.91. The molecule has 0 bridgehead atoms. The van der Waals surface area contributed by atoms with Gasteiger partial charge in [0, 0.05) is 56.5 Å². The van der Waals surface area contributed by atoms with Gasteiger partial charge in [0.2, 0.25) is 5.91 Å². The number of aromatic nitrogens is 2. The molecule has 1 aromatic heterocycles. The van der Waals surface area contributed by atoms with Crippen LogP contribution < -0.4 is 0 Å². The van der Waals surface area contributed by atoms with E-state index in [2.05, 4.69) is 14.9 Å². The largest absolute Gasteiger partial charge is 0.336 e. The van der Waals surface area contributed by atoms with E-state index in [1.807, 2.05) is 38.1 Å². The molecule has 8 heteroatoms. The number of nitrogens with zero attached hydrogens (tertiary/aromatic N) is 4. The fraction of sp³-hybridized carbons (Fsp3) is 0.722. The Kier molecular flexibility index (Phi) is 5.62. The van der Waals surface area contributed by atoms with Crippen LogP contribution in [0.5, 0.6) is 0 Å². The van der Waals surface area contributed by atoms with Crippen molar-refractivity contribution in [2.45, 2.75) is 52.2 Å². The van der Waals surface area contributed by atoms with Crippen LogP contribution in [-0.4, -0.2) is 70.8 Å². The lowest BCUT2D eigenvalue weighted by Gasteiger charge is -2.44. The Morgan fingerprint density at radius 3 is 2.46 bits per heavy atom. The minimum Gasteiger partial charge on any atom is -0.336 e. The maximum atomic E-state index is 12.6. The molecular formula is C18H28N4O3S. The van der Waals surface area contributed by atoms with Crippen LogP contribution >= 0.6 is 0 Å². The molecular weight excluding hydrogens is 352 g/mol. The van der Waals surface area contributed by atoms with Crippen molar-refractivity contribution in [2.75, 3.05) is 24.6 Å². The van der Waals surface area contributed by atoms with Crippen molar-refractivity contribution in [1.82, 2.24) is 19.8 Å². The quantitative estimate of drug-likeness (QED) is 0.755. The molecule has 0 unspecified atom stereocenters. The normalized spacial score (nSPS) is 25.5. The lowest BCUT2D eigenvalue weighted by Crippen LogP contribution is -2.60. The maximum Gasteiger partial charge on any atom is 0.223 e. The number of hydrogen-bond acceptors (Lipinski definition) is 6. The predicted molar refractivity (Wildman–Crippen MR) is 99.2 cm³/mol. The summed E-state index contributed by atoms with van der Waals surface area (Å²) in [6, 6.07) is -0.383. The molecule has 7 nitrogen and oxygen atoms in total. The van der Waals surface area contributed by atoms with Gasteiger partial charge >= 0.3 is 0 Å². The third-order valence-electron chi connectivity index (χ3n) is 5.15. The number of aryl methyl sites for hydroxylation is 1. The Morgan fingerprint density at radius 1 is 1.19 bits per heavy atom. The van der Waals surface area contributed by atoms with E-state index in [1.165, 1.54) is 0 Å². The zero-order valence-corrected chi connectivity index (χ0v) is 16.6. The maximum absolute atomic E-state index is 12.6. The Morgan fingerprint density at radius 2 is 1.85 bits per heavy atom. The van der Waals surface area contributed by atoms with Gasteiger partial charge in [-0.25, -0.2) is 18.4 Å². The smallest absolute Gasteiger partial charge is 0.223 e. The summed E-state index contributed by atoms with van der Waals surface area (Å²) in [4.78, 5) is 25.2. The first-order chi connectivity index (χ1) is 12.3. The number of sulfone groups is 1. The van der Waals surface area contributed by atoms with E-state index >= 15 is 0 Å². The monoisotopic (exact) mass is 380 g/mol. The molecule has 0 radical (unpaired) electrons. The Labute approximate surface area is 155 Å². The minimum absolute atomic E-state index is 0.0717. The lowest BCUT2D eigenvalue weighted by atomic mass is 10.0. The first kappa shape index (κ1) is 19.2. The van der Waals surface area contributed by atoms with E-state index in [-0.39, 0.29) is 35.4 Å². The molecule has 2 aliphatic heterocycles. The van der Waals surface area contributed by atoms with Crippen molar-refractivity contribution in [3.05, 3.63) is 23.8 Å². The van der Waals surface area contributed by atoms with Crippen molar-refractivity contribution in [3.63, 3.8) is 0 Å². The number of carbonyl (C=O) groups is 1. The van der Waals surface area contributed by atoms with Crippen LogP contribution in [0.2, 0.25) is 0 Å². The van der Waals surface area contributed by atoms with Crippen LogP contribution in [0.4, 0.5) is 0 Å². The summed E-state index contributed by atoms with van der Waals surface area (Å²) in [6.45, 7) is 7.91. The highest BCUT2D eigenvalue weighted by Crippen LogP contribution is 2.29. The van der Waals surface area contributed by atoms with Gasteiger partial charge in [0.1, 0.15) is 5.82 Å². The van der Waals surface area contributed by atoms with Crippen LogP contribution in [0.15, 0.2) is 12.4 Å². The van der Waals surface area contributed by atoms with Gasteiger partial charge in [0.25, 0.3) is 0 Å². The summed E-state index contributed by atoms with van der Waals surface area (Å²) in [6.07, 6.45) is 4.90. The predicted octanol–water partition coefficient (Wildman–Crippen LogP) is 0.895. The second-order valence-corrected chi connectivity index (χ2v) is 9.88. The molecule has 0 saturated carbocycles. The Bertz CT molecular complexity index is 748. The molecule has 1 aromatic rings. The van der Waals surface area contributed by atoms with E-state index in [0.29, 0.717) is 26.1 Å². The van der Waals surface area contributed by atoms with Gasteiger partial charge in [-0.05, 0) is 5.92 Å². The molecule has 2 atom stereocenters. The molecule has 0 spiro atoms. The average molecular weight is 381 g/mol. The molecule has 2 saturated heterocycles. The molecule has 26 heavy (non-hydrogen) atoms. The van der Waals surface area contributed by atoms with E-state index in [0.717, 1.165) is 17.8 Å². The standard InChI is InChI=1S/C18H28N4O3S/c1-4-17-19-8-14(9-20-17)10-21-5-6-22(18(23)7-13(2)3)16-12-26(24,25)11-15(16)21/h8-9,13,15-16H,4-7,10-12H2,1-3H3/t15-,16+/m1/s1. The fourth-order valence-corrected chi connectivity index (χ4v) is 5.89. The molecule has 3 rings (SSSR count).